The molecule has 2 N–H and O–H groups in total. The lowest BCUT2D eigenvalue weighted by Crippen LogP contribution is -2.46. The molecular weight excluding hydrogens is 411 g/mol. The lowest BCUT2D eigenvalue weighted by Gasteiger charge is -2.25. The maximum absolute atomic E-state index is 13.1. The summed E-state index contributed by atoms with van der Waals surface area (Å²) in [5.74, 6) is -1.84. The number of hydrogen-bond donors (Lipinski definition) is 2. The molecule has 2 heterocycles. The molecule has 0 spiro atoms. The summed E-state index contributed by atoms with van der Waals surface area (Å²) < 4.78 is 34.9. The predicted octanol–water partition coefficient (Wildman–Crippen LogP) is 1.83. The Kier molecular flexibility index (Phi) is 7.24. The Morgan fingerprint density at radius 1 is 1.29 bits per heavy atom. The number of hydrogen-bond acceptors (Lipinski definition) is 8. The molecule has 1 aliphatic rings. The van der Waals surface area contributed by atoms with Crippen LogP contribution in [0.2, 0.25) is 0 Å². The van der Waals surface area contributed by atoms with Crippen LogP contribution in [0.1, 0.15) is 23.8 Å². The topological polar surface area (TPSA) is 116 Å². The summed E-state index contributed by atoms with van der Waals surface area (Å²) in [6.45, 7) is 1.76. The van der Waals surface area contributed by atoms with Crippen molar-refractivity contribution in [1.82, 2.24) is 10.3 Å². The molecular formula is C21H23FN2O7. The zero-order valence-corrected chi connectivity index (χ0v) is 17.0. The van der Waals surface area contributed by atoms with Gasteiger partial charge in [0, 0.05) is 18.7 Å². The molecule has 0 unspecified atom stereocenters. The van der Waals surface area contributed by atoms with E-state index in [-0.39, 0.29) is 30.5 Å². The second-order valence-corrected chi connectivity index (χ2v) is 6.85. The van der Waals surface area contributed by atoms with Gasteiger partial charge in [-0.05, 0) is 31.2 Å². The standard InChI is InChI=1S/C21H23FN2O7/c1-12-16(31-14-5-3-13(22)4-6-14)8-10-29-11-15(21(27)30-12)24-20(26)18-19(25)17(28-2)7-9-23-18/h3-7,9,12,15-16,25H,8,10-11H2,1-2H3,(H,24,26)/t12-,15-,16+/m0/s1. The van der Waals surface area contributed by atoms with Gasteiger partial charge in [0.05, 0.1) is 20.3 Å². The van der Waals surface area contributed by atoms with Crippen LogP contribution >= 0.6 is 0 Å². The third-order valence-corrected chi connectivity index (χ3v) is 4.67. The van der Waals surface area contributed by atoms with Crippen molar-refractivity contribution < 1.29 is 38.0 Å². The Morgan fingerprint density at radius 2 is 2.03 bits per heavy atom. The largest absolute Gasteiger partial charge is 0.503 e. The second-order valence-electron chi connectivity index (χ2n) is 6.85. The van der Waals surface area contributed by atoms with Gasteiger partial charge in [0.2, 0.25) is 0 Å². The molecule has 1 aromatic heterocycles. The first-order valence-electron chi connectivity index (χ1n) is 9.62. The zero-order valence-electron chi connectivity index (χ0n) is 17.0. The van der Waals surface area contributed by atoms with Gasteiger partial charge < -0.3 is 29.4 Å². The number of cyclic esters (lactones) is 1. The van der Waals surface area contributed by atoms with E-state index in [1.165, 1.54) is 43.6 Å². The number of aromatic hydroxyl groups is 1. The molecule has 9 nitrogen and oxygen atoms in total. The molecule has 31 heavy (non-hydrogen) atoms. The van der Waals surface area contributed by atoms with E-state index in [0.717, 1.165) is 0 Å². The summed E-state index contributed by atoms with van der Waals surface area (Å²) in [4.78, 5) is 29.0. The highest BCUT2D eigenvalue weighted by Crippen LogP contribution is 2.27. The van der Waals surface area contributed by atoms with E-state index >= 15 is 0 Å². The molecule has 3 atom stereocenters. The number of rotatable bonds is 5. The van der Waals surface area contributed by atoms with Crippen LogP contribution in [0.25, 0.3) is 0 Å². The Hall–Kier alpha value is -3.40. The molecule has 3 rings (SSSR count). The summed E-state index contributed by atoms with van der Waals surface area (Å²) in [7, 11) is 1.34. The highest BCUT2D eigenvalue weighted by Gasteiger charge is 2.32. The molecule has 1 fully saturated rings. The highest BCUT2D eigenvalue weighted by molar-refractivity contribution is 5.98. The Balaban J connectivity index is 1.67. The van der Waals surface area contributed by atoms with Crippen LogP contribution in [0.3, 0.4) is 0 Å². The number of methoxy groups -OCH3 is 1. The summed E-state index contributed by atoms with van der Waals surface area (Å²) in [6, 6.07) is 5.78. The molecule has 166 valence electrons. The summed E-state index contributed by atoms with van der Waals surface area (Å²) in [6.07, 6.45) is 0.505. The Bertz CT molecular complexity index is 922. The number of amides is 1. The van der Waals surface area contributed by atoms with Crippen LogP contribution in [-0.2, 0) is 14.3 Å². The maximum atomic E-state index is 13.1. The van der Waals surface area contributed by atoms with E-state index in [1.54, 1.807) is 6.92 Å². The third-order valence-electron chi connectivity index (χ3n) is 4.67. The molecule has 10 heteroatoms. The summed E-state index contributed by atoms with van der Waals surface area (Å²) in [5.41, 5.74) is -0.294. The van der Waals surface area contributed by atoms with Crippen LogP contribution in [0.5, 0.6) is 17.2 Å². The highest BCUT2D eigenvalue weighted by atomic mass is 19.1. The van der Waals surface area contributed by atoms with Crippen molar-refractivity contribution in [3.63, 3.8) is 0 Å². The predicted molar refractivity (Wildman–Crippen MR) is 106 cm³/mol. The van der Waals surface area contributed by atoms with E-state index in [1.807, 2.05) is 0 Å². The van der Waals surface area contributed by atoms with Crippen molar-refractivity contribution in [3.8, 4) is 17.2 Å². The molecule has 1 amide bonds. The smallest absolute Gasteiger partial charge is 0.331 e. The van der Waals surface area contributed by atoms with Gasteiger partial charge in [0.15, 0.2) is 23.2 Å². The molecule has 0 saturated carbocycles. The average molecular weight is 434 g/mol. The normalized spacial score (nSPS) is 21.8. The Morgan fingerprint density at radius 3 is 2.74 bits per heavy atom. The SMILES string of the molecule is COc1ccnc(C(=O)N[C@H]2COCC[C@@H](Oc3ccc(F)cc3)[C@H](C)OC2=O)c1O. The van der Waals surface area contributed by atoms with E-state index in [0.29, 0.717) is 12.2 Å². The number of nitrogens with one attached hydrogen (secondary N) is 1. The minimum atomic E-state index is -1.12. The van der Waals surface area contributed by atoms with Crippen molar-refractivity contribution in [1.29, 1.82) is 0 Å². The number of nitrogens with zero attached hydrogens (tertiary/aromatic N) is 1. The van der Waals surface area contributed by atoms with E-state index in [9.17, 15) is 19.1 Å². The van der Waals surface area contributed by atoms with Gasteiger partial charge >= 0.3 is 5.97 Å². The van der Waals surface area contributed by atoms with E-state index in [2.05, 4.69) is 10.3 Å². The van der Waals surface area contributed by atoms with Gasteiger partial charge in [-0.25, -0.2) is 14.2 Å². The van der Waals surface area contributed by atoms with Gasteiger partial charge in [-0.1, -0.05) is 0 Å². The van der Waals surface area contributed by atoms with Crippen LogP contribution in [-0.4, -0.2) is 60.5 Å². The van der Waals surface area contributed by atoms with E-state index < -0.39 is 35.9 Å². The van der Waals surface area contributed by atoms with Gasteiger partial charge in [0.25, 0.3) is 5.91 Å². The van der Waals surface area contributed by atoms with Crippen molar-refractivity contribution in [2.75, 3.05) is 20.3 Å². The van der Waals surface area contributed by atoms with Gasteiger partial charge in [-0.15, -0.1) is 0 Å². The number of ether oxygens (including phenoxy) is 4. The van der Waals surface area contributed by atoms with Gasteiger partial charge in [0.1, 0.15) is 23.8 Å². The molecule has 1 saturated heterocycles. The van der Waals surface area contributed by atoms with Crippen LogP contribution in [0, 0.1) is 5.82 Å². The fourth-order valence-corrected chi connectivity index (χ4v) is 2.98. The number of aromatic nitrogens is 1. The van der Waals surface area contributed by atoms with Crippen molar-refractivity contribution >= 4 is 11.9 Å². The van der Waals surface area contributed by atoms with Crippen molar-refractivity contribution in [3.05, 3.63) is 48.0 Å². The Labute approximate surface area is 178 Å². The molecule has 2 aromatic rings. The van der Waals surface area contributed by atoms with Crippen LogP contribution < -0.4 is 14.8 Å². The zero-order chi connectivity index (χ0) is 22.4. The molecule has 0 aliphatic carbocycles. The lowest BCUT2D eigenvalue weighted by molar-refractivity contribution is -0.155. The van der Waals surface area contributed by atoms with Crippen molar-refractivity contribution in [2.45, 2.75) is 31.6 Å². The number of benzene rings is 1. The van der Waals surface area contributed by atoms with Gasteiger partial charge in [-0.3, -0.25) is 4.79 Å². The quantitative estimate of drug-likeness (QED) is 0.685. The lowest BCUT2D eigenvalue weighted by atomic mass is 10.1. The van der Waals surface area contributed by atoms with Gasteiger partial charge in [-0.2, -0.15) is 0 Å². The molecule has 1 aliphatic heterocycles. The number of esters is 1. The van der Waals surface area contributed by atoms with Crippen LogP contribution in [0.4, 0.5) is 4.39 Å². The minimum Gasteiger partial charge on any atom is -0.503 e. The minimum absolute atomic E-state index is 0.0721. The fourth-order valence-electron chi connectivity index (χ4n) is 2.98. The number of pyridine rings is 1. The first-order chi connectivity index (χ1) is 14.9. The first-order valence-corrected chi connectivity index (χ1v) is 9.62. The third kappa shape index (κ3) is 5.60. The van der Waals surface area contributed by atoms with Crippen LogP contribution in [0.15, 0.2) is 36.5 Å². The number of carbonyl (C=O) groups is 2. The molecule has 1 aromatic carbocycles. The average Bonchev–Trinajstić information content (AvgIpc) is 2.81. The fraction of sp³-hybridized carbons (Fsp3) is 0.381. The summed E-state index contributed by atoms with van der Waals surface area (Å²) in [5, 5.41) is 12.6. The monoisotopic (exact) mass is 434 g/mol. The van der Waals surface area contributed by atoms with Crippen molar-refractivity contribution in [2.24, 2.45) is 0 Å². The molecule has 0 radical (unpaired) electrons. The maximum Gasteiger partial charge on any atom is 0.331 e. The molecule has 0 bridgehead atoms. The summed E-state index contributed by atoms with van der Waals surface area (Å²) >= 11 is 0. The van der Waals surface area contributed by atoms with E-state index in [4.69, 9.17) is 18.9 Å². The number of carbonyl (C=O) groups excluding carboxylic acids is 2. The second kappa shape index (κ2) is 10.1. The number of halogens is 1. The first kappa shape index (κ1) is 22.3.